The number of hydrogen-bond acceptors (Lipinski definition) is 6. The standard InChI is InChI=1S/C26H34N4O5/c1-29(19-6-2-3-7-19)26(33)34-16-23-24(27-28-30(23)20-11-12-20)17-9-13-21(14-10-17)35-22-8-4-5-18(15-22)25(31)32/h9-10,13-14,18-20,22H,2-8,11-12,15-16H2,1H3,(H,31,32)/t18-,22?/m0/s1. The van der Waals surface area contributed by atoms with Gasteiger partial charge in [-0.15, -0.1) is 5.10 Å². The number of benzene rings is 1. The van der Waals surface area contributed by atoms with Gasteiger partial charge in [0.25, 0.3) is 0 Å². The highest BCUT2D eigenvalue weighted by molar-refractivity contribution is 5.70. The van der Waals surface area contributed by atoms with Crippen molar-refractivity contribution >= 4 is 12.1 Å². The molecule has 35 heavy (non-hydrogen) atoms. The summed E-state index contributed by atoms with van der Waals surface area (Å²) in [6.07, 6.45) is 9.08. The van der Waals surface area contributed by atoms with Crippen LogP contribution in [0, 0.1) is 5.92 Å². The van der Waals surface area contributed by atoms with Gasteiger partial charge >= 0.3 is 12.1 Å². The van der Waals surface area contributed by atoms with E-state index in [0.717, 1.165) is 62.6 Å². The van der Waals surface area contributed by atoms with Gasteiger partial charge in [0.15, 0.2) is 0 Å². The van der Waals surface area contributed by atoms with E-state index in [4.69, 9.17) is 9.47 Å². The van der Waals surface area contributed by atoms with Crippen molar-refractivity contribution in [1.82, 2.24) is 19.9 Å². The highest BCUT2D eigenvalue weighted by Crippen LogP contribution is 2.38. The zero-order chi connectivity index (χ0) is 24.4. The number of hydrogen-bond donors (Lipinski definition) is 1. The van der Waals surface area contributed by atoms with Gasteiger partial charge in [-0.2, -0.15) is 0 Å². The predicted octanol–water partition coefficient (Wildman–Crippen LogP) is 4.81. The van der Waals surface area contributed by atoms with E-state index >= 15 is 0 Å². The first kappa shape index (κ1) is 23.6. The van der Waals surface area contributed by atoms with Gasteiger partial charge in [0, 0.05) is 18.7 Å². The first-order chi connectivity index (χ1) is 17.0. The topological polar surface area (TPSA) is 107 Å². The van der Waals surface area contributed by atoms with E-state index in [1.54, 1.807) is 4.90 Å². The maximum Gasteiger partial charge on any atom is 0.410 e. The SMILES string of the molecule is CN(C(=O)OCc1c(-c2ccc(OC3CCC[C@H](C(=O)O)C3)cc2)nnn1C1CC1)C1CCCC1. The molecule has 2 atom stereocenters. The van der Waals surface area contributed by atoms with Crippen LogP contribution in [-0.2, 0) is 16.1 Å². The summed E-state index contributed by atoms with van der Waals surface area (Å²) < 4.78 is 13.7. The van der Waals surface area contributed by atoms with E-state index in [1.165, 1.54) is 0 Å². The number of ether oxygens (including phenoxy) is 2. The molecule has 0 radical (unpaired) electrons. The lowest BCUT2D eigenvalue weighted by atomic mass is 9.87. The van der Waals surface area contributed by atoms with Crippen LogP contribution >= 0.6 is 0 Å². The number of carboxylic acids is 1. The molecule has 0 aliphatic heterocycles. The molecule has 1 unspecified atom stereocenters. The molecular weight excluding hydrogens is 448 g/mol. The molecule has 9 nitrogen and oxygen atoms in total. The van der Waals surface area contributed by atoms with Crippen molar-refractivity contribution in [3.8, 4) is 17.0 Å². The van der Waals surface area contributed by atoms with Gasteiger partial charge in [-0.1, -0.05) is 18.1 Å². The summed E-state index contributed by atoms with van der Waals surface area (Å²) >= 11 is 0. The highest BCUT2D eigenvalue weighted by atomic mass is 16.6. The summed E-state index contributed by atoms with van der Waals surface area (Å²) in [5.74, 6) is -0.357. The average molecular weight is 483 g/mol. The Balaban J connectivity index is 1.26. The van der Waals surface area contributed by atoms with Crippen molar-refractivity contribution in [1.29, 1.82) is 0 Å². The van der Waals surface area contributed by atoms with Crippen molar-refractivity contribution < 1.29 is 24.2 Å². The van der Waals surface area contributed by atoms with Crippen LogP contribution in [-0.4, -0.2) is 56.3 Å². The highest BCUT2D eigenvalue weighted by Gasteiger charge is 2.31. The molecule has 2 aromatic rings. The van der Waals surface area contributed by atoms with E-state index in [9.17, 15) is 14.7 Å². The van der Waals surface area contributed by atoms with Crippen molar-refractivity contribution in [2.45, 2.75) is 89.0 Å². The fourth-order valence-electron chi connectivity index (χ4n) is 5.32. The minimum Gasteiger partial charge on any atom is -0.490 e. The number of nitrogens with zero attached hydrogens (tertiary/aromatic N) is 4. The van der Waals surface area contributed by atoms with E-state index < -0.39 is 5.97 Å². The lowest BCUT2D eigenvalue weighted by molar-refractivity contribution is -0.143. The zero-order valence-electron chi connectivity index (χ0n) is 20.3. The first-order valence-corrected chi connectivity index (χ1v) is 12.8. The summed E-state index contributed by atoms with van der Waals surface area (Å²) in [4.78, 5) is 25.7. The second kappa shape index (κ2) is 10.3. The maximum absolute atomic E-state index is 12.7. The quantitative estimate of drug-likeness (QED) is 0.575. The molecule has 3 aliphatic carbocycles. The van der Waals surface area contributed by atoms with E-state index in [0.29, 0.717) is 30.3 Å². The van der Waals surface area contributed by atoms with Crippen molar-refractivity contribution in [2.75, 3.05) is 7.05 Å². The lowest BCUT2D eigenvalue weighted by Gasteiger charge is -2.27. The van der Waals surface area contributed by atoms with Crippen LogP contribution in [0.25, 0.3) is 11.3 Å². The number of carbonyl (C=O) groups is 2. The van der Waals surface area contributed by atoms with Crippen LogP contribution in [0.2, 0.25) is 0 Å². The van der Waals surface area contributed by atoms with Crippen LogP contribution in [0.15, 0.2) is 24.3 Å². The fraction of sp³-hybridized carbons (Fsp3) is 0.615. The maximum atomic E-state index is 12.7. The Labute approximate surface area is 205 Å². The summed E-state index contributed by atoms with van der Waals surface area (Å²) in [6, 6.07) is 8.22. The van der Waals surface area contributed by atoms with Crippen LogP contribution in [0.5, 0.6) is 5.75 Å². The van der Waals surface area contributed by atoms with Gasteiger partial charge in [0.2, 0.25) is 0 Å². The van der Waals surface area contributed by atoms with Crippen molar-refractivity contribution in [2.24, 2.45) is 5.92 Å². The minimum absolute atomic E-state index is 0.0849. The number of aliphatic carboxylic acids is 1. The molecule has 0 bridgehead atoms. The lowest BCUT2D eigenvalue weighted by Crippen LogP contribution is -2.35. The number of carbonyl (C=O) groups excluding carboxylic acids is 1. The van der Waals surface area contributed by atoms with E-state index in [1.807, 2.05) is 36.0 Å². The molecule has 1 aromatic carbocycles. The molecular formula is C26H34N4O5. The van der Waals surface area contributed by atoms with Gasteiger partial charge in [0.1, 0.15) is 23.7 Å². The Hall–Kier alpha value is -3.10. The molecule has 3 aliphatic rings. The third kappa shape index (κ3) is 5.44. The molecule has 3 fully saturated rings. The summed E-state index contributed by atoms with van der Waals surface area (Å²) in [5.41, 5.74) is 2.40. The van der Waals surface area contributed by atoms with Gasteiger partial charge in [0.05, 0.1) is 18.1 Å². The van der Waals surface area contributed by atoms with Crippen LogP contribution in [0.4, 0.5) is 4.79 Å². The Morgan fingerprint density at radius 1 is 1.06 bits per heavy atom. The smallest absolute Gasteiger partial charge is 0.410 e. The van der Waals surface area contributed by atoms with Crippen molar-refractivity contribution in [3.63, 3.8) is 0 Å². The third-order valence-corrected chi connectivity index (χ3v) is 7.58. The van der Waals surface area contributed by atoms with Gasteiger partial charge < -0.3 is 19.5 Å². The number of aromatic nitrogens is 3. The Morgan fingerprint density at radius 3 is 2.49 bits per heavy atom. The first-order valence-electron chi connectivity index (χ1n) is 12.8. The molecule has 0 saturated heterocycles. The molecule has 1 amide bonds. The normalized spacial score (nSPS) is 22.7. The van der Waals surface area contributed by atoms with E-state index in [2.05, 4.69) is 10.3 Å². The van der Waals surface area contributed by atoms with Gasteiger partial charge in [-0.25, -0.2) is 9.48 Å². The molecule has 1 heterocycles. The molecule has 9 heteroatoms. The number of amides is 1. The average Bonchev–Trinajstić information content (AvgIpc) is 3.39. The van der Waals surface area contributed by atoms with Crippen LogP contribution in [0.1, 0.15) is 75.9 Å². The Kier molecular flexibility index (Phi) is 6.92. The summed E-state index contributed by atoms with van der Waals surface area (Å²) in [7, 11) is 1.82. The Morgan fingerprint density at radius 2 is 1.80 bits per heavy atom. The monoisotopic (exact) mass is 482 g/mol. The van der Waals surface area contributed by atoms with Gasteiger partial charge in [-0.3, -0.25) is 4.79 Å². The van der Waals surface area contributed by atoms with Crippen LogP contribution in [0.3, 0.4) is 0 Å². The van der Waals surface area contributed by atoms with Crippen molar-refractivity contribution in [3.05, 3.63) is 30.0 Å². The molecule has 1 N–H and O–H groups in total. The second-order valence-electron chi connectivity index (χ2n) is 10.1. The molecule has 5 rings (SSSR count). The summed E-state index contributed by atoms with van der Waals surface area (Å²) in [5, 5.41) is 18.1. The Bertz CT molecular complexity index is 1040. The molecule has 3 saturated carbocycles. The largest absolute Gasteiger partial charge is 0.490 e. The van der Waals surface area contributed by atoms with Crippen LogP contribution < -0.4 is 4.74 Å². The third-order valence-electron chi connectivity index (χ3n) is 7.58. The number of carboxylic acid groups (broad SMARTS) is 1. The molecule has 0 spiro atoms. The van der Waals surface area contributed by atoms with E-state index in [-0.39, 0.29) is 30.8 Å². The molecule has 188 valence electrons. The second-order valence-corrected chi connectivity index (χ2v) is 10.1. The zero-order valence-corrected chi connectivity index (χ0v) is 20.3. The minimum atomic E-state index is -0.741. The molecule has 1 aromatic heterocycles. The summed E-state index contributed by atoms with van der Waals surface area (Å²) in [6.45, 7) is 0.131. The van der Waals surface area contributed by atoms with Gasteiger partial charge in [-0.05, 0) is 75.6 Å². The fourth-order valence-corrected chi connectivity index (χ4v) is 5.32. The predicted molar refractivity (Wildman–Crippen MR) is 128 cm³/mol. The number of rotatable bonds is 8.